The lowest BCUT2D eigenvalue weighted by Gasteiger charge is -2.16. The summed E-state index contributed by atoms with van der Waals surface area (Å²) in [6.45, 7) is 1.66. The van der Waals surface area contributed by atoms with E-state index in [1.165, 1.54) is 18.6 Å². The molecular formula is C10H10F3N5. The smallest absolute Gasteiger partial charge is 0.360 e. The number of aromatic nitrogens is 4. The van der Waals surface area contributed by atoms with Crippen molar-refractivity contribution in [2.45, 2.75) is 19.1 Å². The molecule has 0 saturated heterocycles. The van der Waals surface area contributed by atoms with Crippen LogP contribution >= 0.6 is 0 Å². The molecule has 18 heavy (non-hydrogen) atoms. The first-order valence-electron chi connectivity index (χ1n) is 5.12. The number of nitrogens with zero attached hydrogens (tertiary/aromatic N) is 3. The van der Waals surface area contributed by atoms with Crippen LogP contribution in [-0.4, -0.2) is 20.2 Å². The Hall–Kier alpha value is -2.12. The van der Waals surface area contributed by atoms with Gasteiger partial charge in [0, 0.05) is 6.20 Å². The highest BCUT2D eigenvalue weighted by Gasteiger charge is 2.34. The second-order valence-electron chi connectivity index (χ2n) is 3.63. The normalized spacial score (nSPS) is 13.3. The molecule has 2 heterocycles. The number of alkyl halides is 3. The number of halogens is 3. The van der Waals surface area contributed by atoms with Crippen molar-refractivity contribution < 1.29 is 13.2 Å². The average Bonchev–Trinajstić information content (AvgIpc) is 2.81. The van der Waals surface area contributed by atoms with E-state index in [2.05, 4.69) is 25.5 Å². The van der Waals surface area contributed by atoms with Gasteiger partial charge in [-0.05, 0) is 19.1 Å². The van der Waals surface area contributed by atoms with E-state index < -0.39 is 17.8 Å². The van der Waals surface area contributed by atoms with Gasteiger partial charge in [-0.3, -0.25) is 5.10 Å². The number of hydrogen-bond acceptors (Lipinski definition) is 4. The van der Waals surface area contributed by atoms with E-state index in [1.54, 1.807) is 6.92 Å². The van der Waals surface area contributed by atoms with Crippen LogP contribution in [0.4, 0.5) is 19.0 Å². The van der Waals surface area contributed by atoms with Gasteiger partial charge >= 0.3 is 6.18 Å². The van der Waals surface area contributed by atoms with Crippen molar-refractivity contribution in [2.75, 3.05) is 5.32 Å². The van der Waals surface area contributed by atoms with Crippen molar-refractivity contribution in [3.8, 4) is 0 Å². The van der Waals surface area contributed by atoms with Crippen molar-refractivity contribution in [3.05, 3.63) is 36.0 Å². The van der Waals surface area contributed by atoms with Crippen LogP contribution in [0.15, 0.2) is 24.7 Å². The van der Waals surface area contributed by atoms with E-state index in [1.807, 2.05) is 0 Å². The minimum atomic E-state index is -4.45. The Balaban J connectivity index is 2.24. The number of anilines is 1. The van der Waals surface area contributed by atoms with Gasteiger partial charge in [-0.1, -0.05) is 0 Å². The van der Waals surface area contributed by atoms with Gasteiger partial charge in [0.2, 0.25) is 0 Å². The maximum Gasteiger partial charge on any atom is 0.419 e. The van der Waals surface area contributed by atoms with Crippen LogP contribution < -0.4 is 5.32 Å². The zero-order valence-electron chi connectivity index (χ0n) is 9.36. The van der Waals surface area contributed by atoms with Crippen molar-refractivity contribution in [1.29, 1.82) is 0 Å². The molecule has 2 rings (SSSR count). The molecule has 96 valence electrons. The van der Waals surface area contributed by atoms with E-state index >= 15 is 0 Å². The van der Waals surface area contributed by atoms with Crippen LogP contribution in [0.2, 0.25) is 0 Å². The summed E-state index contributed by atoms with van der Waals surface area (Å²) in [5.74, 6) is 0.211. The predicted octanol–water partition coefficient (Wildman–Crippen LogP) is 2.39. The van der Waals surface area contributed by atoms with Gasteiger partial charge in [0.05, 0.1) is 11.6 Å². The molecule has 0 bridgehead atoms. The Morgan fingerprint density at radius 3 is 2.72 bits per heavy atom. The molecule has 0 aliphatic carbocycles. The minimum absolute atomic E-state index is 0.228. The zero-order valence-corrected chi connectivity index (χ0v) is 9.36. The number of nitrogens with one attached hydrogen (secondary N) is 2. The van der Waals surface area contributed by atoms with Gasteiger partial charge in [0.1, 0.15) is 18.0 Å². The number of H-pyrrole nitrogens is 1. The number of aromatic amines is 1. The van der Waals surface area contributed by atoms with E-state index in [4.69, 9.17) is 0 Å². The van der Waals surface area contributed by atoms with Crippen molar-refractivity contribution in [2.24, 2.45) is 0 Å². The first-order valence-corrected chi connectivity index (χ1v) is 5.12. The third kappa shape index (κ3) is 2.58. The molecule has 2 N–H and O–H groups in total. The van der Waals surface area contributed by atoms with Gasteiger partial charge in [0.15, 0.2) is 0 Å². The van der Waals surface area contributed by atoms with E-state index in [0.29, 0.717) is 5.82 Å². The molecule has 0 radical (unpaired) electrons. The standard InChI is InChI=1S/C10H10F3N5/c1-6(8-15-5-16-18-8)17-9-7(10(11,12)13)3-2-4-14-9/h2-6H,1H3,(H,14,17)(H,15,16,18). The summed E-state index contributed by atoms with van der Waals surface area (Å²) < 4.78 is 38.2. The van der Waals surface area contributed by atoms with Gasteiger partial charge in [-0.15, -0.1) is 0 Å². The van der Waals surface area contributed by atoms with Crippen LogP contribution in [0.5, 0.6) is 0 Å². The Bertz CT molecular complexity index is 508. The molecular weight excluding hydrogens is 247 g/mol. The Morgan fingerprint density at radius 1 is 1.33 bits per heavy atom. The Kier molecular flexibility index (Phi) is 3.17. The summed E-state index contributed by atoms with van der Waals surface area (Å²) in [5.41, 5.74) is -0.809. The first kappa shape index (κ1) is 12.3. The molecule has 0 saturated carbocycles. The highest BCUT2D eigenvalue weighted by atomic mass is 19.4. The number of pyridine rings is 1. The third-order valence-corrected chi connectivity index (χ3v) is 2.31. The molecule has 0 aromatic carbocycles. The molecule has 0 amide bonds. The molecule has 8 heteroatoms. The summed E-state index contributed by atoms with van der Waals surface area (Å²) in [5, 5.41) is 8.87. The summed E-state index contributed by atoms with van der Waals surface area (Å²) in [4.78, 5) is 7.57. The van der Waals surface area contributed by atoms with E-state index in [0.717, 1.165) is 6.07 Å². The Labute approximate surface area is 100 Å². The molecule has 5 nitrogen and oxygen atoms in total. The minimum Gasteiger partial charge on any atom is -0.360 e. The number of hydrogen-bond donors (Lipinski definition) is 2. The number of rotatable bonds is 3. The van der Waals surface area contributed by atoms with E-state index in [-0.39, 0.29) is 5.82 Å². The average molecular weight is 257 g/mol. The molecule has 0 aliphatic heterocycles. The lowest BCUT2D eigenvalue weighted by molar-refractivity contribution is -0.137. The fraction of sp³-hybridized carbons (Fsp3) is 0.300. The van der Waals surface area contributed by atoms with Crippen molar-refractivity contribution >= 4 is 5.82 Å². The maximum absolute atomic E-state index is 12.7. The summed E-state index contributed by atoms with van der Waals surface area (Å²) in [6.07, 6.45) is -1.86. The van der Waals surface area contributed by atoms with Crippen molar-refractivity contribution in [1.82, 2.24) is 20.2 Å². The van der Waals surface area contributed by atoms with Crippen molar-refractivity contribution in [3.63, 3.8) is 0 Å². The zero-order chi connectivity index (χ0) is 13.2. The summed E-state index contributed by atoms with van der Waals surface area (Å²) in [6, 6.07) is 1.76. The van der Waals surface area contributed by atoms with E-state index in [9.17, 15) is 13.2 Å². The second kappa shape index (κ2) is 4.63. The fourth-order valence-corrected chi connectivity index (χ4v) is 1.45. The first-order chi connectivity index (χ1) is 8.48. The molecule has 0 aliphatic rings. The van der Waals surface area contributed by atoms with Gasteiger partial charge in [0.25, 0.3) is 0 Å². The fourth-order valence-electron chi connectivity index (χ4n) is 1.45. The summed E-state index contributed by atoms with van der Waals surface area (Å²) in [7, 11) is 0. The van der Waals surface area contributed by atoms with Gasteiger partial charge < -0.3 is 5.32 Å². The van der Waals surface area contributed by atoms with Gasteiger partial charge in [-0.25, -0.2) is 9.97 Å². The highest BCUT2D eigenvalue weighted by molar-refractivity contribution is 5.46. The quantitative estimate of drug-likeness (QED) is 0.886. The van der Waals surface area contributed by atoms with Crippen LogP contribution in [0.25, 0.3) is 0 Å². The summed E-state index contributed by atoms with van der Waals surface area (Å²) >= 11 is 0. The molecule has 0 fully saturated rings. The monoisotopic (exact) mass is 257 g/mol. The predicted molar refractivity (Wildman–Crippen MR) is 57.7 cm³/mol. The van der Waals surface area contributed by atoms with Crippen LogP contribution in [0.1, 0.15) is 24.4 Å². The molecule has 2 aromatic heterocycles. The SMILES string of the molecule is CC(Nc1ncccc1C(F)(F)F)c1ncn[nH]1. The molecule has 1 atom stereocenters. The topological polar surface area (TPSA) is 66.5 Å². The lowest BCUT2D eigenvalue weighted by atomic mass is 10.2. The van der Waals surface area contributed by atoms with Crippen LogP contribution in [0.3, 0.4) is 0 Å². The molecule has 0 spiro atoms. The third-order valence-electron chi connectivity index (χ3n) is 2.31. The Morgan fingerprint density at radius 2 is 2.11 bits per heavy atom. The highest BCUT2D eigenvalue weighted by Crippen LogP contribution is 2.34. The largest absolute Gasteiger partial charge is 0.419 e. The van der Waals surface area contributed by atoms with Crippen LogP contribution in [-0.2, 0) is 6.18 Å². The second-order valence-corrected chi connectivity index (χ2v) is 3.63. The molecule has 1 unspecified atom stereocenters. The molecule has 2 aromatic rings. The van der Waals surface area contributed by atoms with Crippen LogP contribution in [0, 0.1) is 0 Å². The lowest BCUT2D eigenvalue weighted by Crippen LogP contribution is -2.15. The van der Waals surface area contributed by atoms with Gasteiger partial charge in [-0.2, -0.15) is 18.3 Å². The maximum atomic E-state index is 12.7.